The standard InChI is InChI=1S/C13H13FO2/c1-9(15)13-11(6-7-16-13)8-10-2-4-12(14)5-3-10/h2-7,9,15H,8H2,1H3. The maximum atomic E-state index is 12.7. The van der Waals surface area contributed by atoms with Gasteiger partial charge in [-0.15, -0.1) is 0 Å². The van der Waals surface area contributed by atoms with Crippen molar-refractivity contribution in [2.45, 2.75) is 19.4 Å². The Labute approximate surface area is 93.3 Å². The van der Waals surface area contributed by atoms with Crippen LogP contribution in [0.1, 0.15) is 29.9 Å². The summed E-state index contributed by atoms with van der Waals surface area (Å²) in [5, 5.41) is 9.46. The molecule has 1 N–H and O–H groups in total. The largest absolute Gasteiger partial charge is 0.466 e. The molecule has 1 heterocycles. The molecule has 0 saturated carbocycles. The van der Waals surface area contributed by atoms with E-state index in [-0.39, 0.29) is 5.82 Å². The van der Waals surface area contributed by atoms with Crippen molar-refractivity contribution in [3.63, 3.8) is 0 Å². The molecule has 3 heteroatoms. The number of hydrogen-bond acceptors (Lipinski definition) is 2. The first-order chi connectivity index (χ1) is 7.66. The average Bonchev–Trinajstić information content (AvgIpc) is 2.69. The molecule has 2 aromatic rings. The third-order valence-electron chi connectivity index (χ3n) is 2.47. The molecule has 0 saturated heterocycles. The fourth-order valence-electron chi connectivity index (χ4n) is 1.68. The van der Waals surface area contributed by atoms with Crippen LogP contribution in [0.5, 0.6) is 0 Å². The maximum Gasteiger partial charge on any atom is 0.135 e. The van der Waals surface area contributed by atoms with Crippen LogP contribution in [0.15, 0.2) is 41.0 Å². The Bertz CT molecular complexity index is 457. The second-order valence-electron chi connectivity index (χ2n) is 3.79. The van der Waals surface area contributed by atoms with Crippen molar-refractivity contribution in [3.05, 3.63) is 59.3 Å². The Morgan fingerprint density at radius 2 is 1.94 bits per heavy atom. The van der Waals surface area contributed by atoms with Crippen molar-refractivity contribution in [2.75, 3.05) is 0 Å². The van der Waals surface area contributed by atoms with E-state index in [1.165, 1.54) is 12.1 Å². The van der Waals surface area contributed by atoms with Gasteiger partial charge in [-0.25, -0.2) is 4.39 Å². The summed E-state index contributed by atoms with van der Waals surface area (Å²) in [7, 11) is 0. The number of rotatable bonds is 3. The second kappa shape index (κ2) is 4.49. The van der Waals surface area contributed by atoms with Gasteiger partial charge in [0.25, 0.3) is 0 Å². The minimum absolute atomic E-state index is 0.244. The summed E-state index contributed by atoms with van der Waals surface area (Å²) in [5.74, 6) is 0.330. The normalized spacial score (nSPS) is 12.7. The molecule has 0 aliphatic carbocycles. The average molecular weight is 220 g/mol. The van der Waals surface area contributed by atoms with E-state index in [9.17, 15) is 9.50 Å². The third-order valence-corrected chi connectivity index (χ3v) is 2.47. The molecule has 0 spiro atoms. The van der Waals surface area contributed by atoms with Gasteiger partial charge in [-0.3, -0.25) is 0 Å². The number of furan rings is 1. The zero-order valence-corrected chi connectivity index (χ0v) is 8.98. The first-order valence-corrected chi connectivity index (χ1v) is 5.15. The van der Waals surface area contributed by atoms with Gasteiger partial charge in [0.15, 0.2) is 0 Å². The molecule has 0 radical (unpaired) electrons. The highest BCUT2D eigenvalue weighted by Crippen LogP contribution is 2.21. The SMILES string of the molecule is CC(O)c1occc1Cc1ccc(F)cc1. The lowest BCUT2D eigenvalue weighted by Crippen LogP contribution is -1.95. The summed E-state index contributed by atoms with van der Waals surface area (Å²) in [4.78, 5) is 0. The fraction of sp³-hybridized carbons (Fsp3) is 0.231. The van der Waals surface area contributed by atoms with Gasteiger partial charge in [-0.2, -0.15) is 0 Å². The van der Waals surface area contributed by atoms with Crippen molar-refractivity contribution in [1.29, 1.82) is 0 Å². The first-order valence-electron chi connectivity index (χ1n) is 5.15. The van der Waals surface area contributed by atoms with Crippen LogP contribution in [0, 0.1) is 5.82 Å². The molecule has 0 aliphatic heterocycles. The van der Waals surface area contributed by atoms with E-state index < -0.39 is 6.10 Å². The van der Waals surface area contributed by atoms with Crippen molar-refractivity contribution in [1.82, 2.24) is 0 Å². The monoisotopic (exact) mass is 220 g/mol. The lowest BCUT2D eigenvalue weighted by molar-refractivity contribution is 0.168. The summed E-state index contributed by atoms with van der Waals surface area (Å²) >= 11 is 0. The third kappa shape index (κ3) is 2.31. The van der Waals surface area contributed by atoms with E-state index >= 15 is 0 Å². The van der Waals surface area contributed by atoms with Crippen LogP contribution < -0.4 is 0 Å². The van der Waals surface area contributed by atoms with E-state index in [1.54, 1.807) is 25.3 Å². The minimum Gasteiger partial charge on any atom is -0.466 e. The van der Waals surface area contributed by atoms with E-state index in [0.717, 1.165) is 11.1 Å². The lowest BCUT2D eigenvalue weighted by atomic mass is 10.0. The van der Waals surface area contributed by atoms with E-state index in [0.29, 0.717) is 12.2 Å². The van der Waals surface area contributed by atoms with Crippen LogP contribution in [-0.4, -0.2) is 5.11 Å². The molecule has 1 atom stereocenters. The van der Waals surface area contributed by atoms with Gasteiger partial charge in [0.1, 0.15) is 17.7 Å². The van der Waals surface area contributed by atoms with Crippen LogP contribution in [0.25, 0.3) is 0 Å². The first kappa shape index (κ1) is 10.9. The Kier molecular flexibility index (Phi) is 3.06. The molecule has 0 amide bonds. The predicted molar refractivity (Wildman–Crippen MR) is 58.5 cm³/mol. The van der Waals surface area contributed by atoms with Crippen LogP contribution in [-0.2, 0) is 6.42 Å². The zero-order valence-electron chi connectivity index (χ0n) is 8.98. The molecule has 0 aliphatic rings. The second-order valence-corrected chi connectivity index (χ2v) is 3.79. The highest BCUT2D eigenvalue weighted by Gasteiger charge is 2.11. The molecule has 2 rings (SSSR count). The Morgan fingerprint density at radius 3 is 2.56 bits per heavy atom. The summed E-state index contributed by atoms with van der Waals surface area (Å²) in [6.45, 7) is 1.66. The molecular weight excluding hydrogens is 207 g/mol. The molecule has 1 aromatic heterocycles. The van der Waals surface area contributed by atoms with Gasteiger partial charge in [-0.1, -0.05) is 12.1 Å². The smallest absolute Gasteiger partial charge is 0.135 e. The van der Waals surface area contributed by atoms with Crippen LogP contribution in [0.4, 0.5) is 4.39 Å². The molecule has 0 bridgehead atoms. The van der Waals surface area contributed by atoms with E-state index in [4.69, 9.17) is 4.42 Å². The maximum absolute atomic E-state index is 12.7. The van der Waals surface area contributed by atoms with Crippen molar-refractivity contribution in [3.8, 4) is 0 Å². The van der Waals surface area contributed by atoms with Gasteiger partial charge in [0.05, 0.1) is 6.26 Å². The number of aliphatic hydroxyl groups is 1. The summed E-state index contributed by atoms with van der Waals surface area (Å²) in [6.07, 6.45) is 1.57. The van der Waals surface area contributed by atoms with Crippen LogP contribution >= 0.6 is 0 Å². The van der Waals surface area contributed by atoms with Crippen molar-refractivity contribution in [2.24, 2.45) is 0 Å². The summed E-state index contributed by atoms with van der Waals surface area (Å²) < 4.78 is 17.9. The van der Waals surface area contributed by atoms with Gasteiger partial charge < -0.3 is 9.52 Å². The molecule has 2 nitrogen and oxygen atoms in total. The van der Waals surface area contributed by atoms with E-state index in [1.807, 2.05) is 6.07 Å². The minimum atomic E-state index is -0.620. The zero-order chi connectivity index (χ0) is 11.5. The summed E-state index contributed by atoms with van der Waals surface area (Å²) in [5.41, 5.74) is 1.92. The van der Waals surface area contributed by atoms with E-state index in [2.05, 4.69) is 0 Å². The van der Waals surface area contributed by atoms with Crippen LogP contribution in [0.3, 0.4) is 0 Å². The lowest BCUT2D eigenvalue weighted by Gasteiger charge is -2.05. The number of aliphatic hydroxyl groups excluding tert-OH is 1. The van der Waals surface area contributed by atoms with Gasteiger partial charge in [-0.05, 0) is 30.7 Å². The molecule has 1 aromatic carbocycles. The van der Waals surface area contributed by atoms with Crippen molar-refractivity contribution < 1.29 is 13.9 Å². The quantitative estimate of drug-likeness (QED) is 0.862. The van der Waals surface area contributed by atoms with Gasteiger partial charge in [0.2, 0.25) is 0 Å². The highest BCUT2D eigenvalue weighted by molar-refractivity contribution is 5.28. The van der Waals surface area contributed by atoms with Crippen molar-refractivity contribution >= 4 is 0 Å². The molecule has 1 unspecified atom stereocenters. The Morgan fingerprint density at radius 1 is 1.25 bits per heavy atom. The summed E-state index contributed by atoms with van der Waals surface area (Å²) in [6, 6.07) is 8.14. The topological polar surface area (TPSA) is 33.4 Å². The van der Waals surface area contributed by atoms with Gasteiger partial charge in [0, 0.05) is 12.0 Å². The number of hydrogen-bond donors (Lipinski definition) is 1. The van der Waals surface area contributed by atoms with Gasteiger partial charge >= 0.3 is 0 Å². The number of halogens is 1. The fourth-order valence-corrected chi connectivity index (χ4v) is 1.68. The molecule has 84 valence electrons. The predicted octanol–water partition coefficient (Wildman–Crippen LogP) is 3.06. The number of benzene rings is 1. The highest BCUT2D eigenvalue weighted by atomic mass is 19.1. The molecule has 16 heavy (non-hydrogen) atoms. The molecule has 0 fully saturated rings. The Balaban J connectivity index is 2.20. The molecular formula is C13H13FO2. The Hall–Kier alpha value is -1.61. The van der Waals surface area contributed by atoms with Crippen LogP contribution in [0.2, 0.25) is 0 Å².